The molecule has 1 rings (SSSR count). The second-order valence-corrected chi connectivity index (χ2v) is 37.1. The highest BCUT2D eigenvalue weighted by molar-refractivity contribution is 6.75. The van der Waals surface area contributed by atoms with Crippen molar-refractivity contribution in [1.29, 1.82) is 0 Å². The summed E-state index contributed by atoms with van der Waals surface area (Å²) in [5, 5.41) is 0.261. The van der Waals surface area contributed by atoms with E-state index in [-0.39, 0.29) is 44.6 Å². The Balaban J connectivity index is 3.72. The van der Waals surface area contributed by atoms with Crippen LogP contribution in [-0.2, 0) is 22.4 Å². The molecular formula is C30H68O5Si4. The molecule has 0 spiro atoms. The molecule has 2 unspecified atom stereocenters. The molecule has 0 aromatic carbocycles. The molecule has 234 valence electrons. The van der Waals surface area contributed by atoms with Gasteiger partial charge in [0, 0.05) is 0 Å². The zero-order chi connectivity index (χ0) is 31.4. The van der Waals surface area contributed by atoms with Crippen LogP contribution in [0.15, 0.2) is 0 Å². The van der Waals surface area contributed by atoms with E-state index in [1.54, 1.807) is 0 Å². The van der Waals surface area contributed by atoms with E-state index in [4.69, 9.17) is 22.4 Å². The van der Waals surface area contributed by atoms with Gasteiger partial charge in [0.1, 0.15) is 18.3 Å². The summed E-state index contributed by atoms with van der Waals surface area (Å²) in [5.41, 5.74) is 0. The van der Waals surface area contributed by atoms with Gasteiger partial charge in [-0.15, -0.1) is 0 Å². The van der Waals surface area contributed by atoms with Gasteiger partial charge in [-0.3, -0.25) is 0 Å². The maximum absolute atomic E-state index is 7.28. The van der Waals surface area contributed by atoms with E-state index in [0.717, 1.165) is 0 Å². The lowest BCUT2D eigenvalue weighted by Gasteiger charge is -2.46. The fraction of sp³-hybridized carbons (Fsp3) is 1.00. The molecule has 1 saturated heterocycles. The van der Waals surface area contributed by atoms with Crippen molar-refractivity contribution < 1.29 is 22.4 Å². The summed E-state index contributed by atoms with van der Waals surface area (Å²) >= 11 is 0. The van der Waals surface area contributed by atoms with Crippen LogP contribution in [0.4, 0.5) is 0 Å². The van der Waals surface area contributed by atoms with Gasteiger partial charge in [-0.1, -0.05) is 83.1 Å². The predicted octanol–water partition coefficient (Wildman–Crippen LogP) is 9.92. The Kier molecular flexibility index (Phi) is 11.2. The van der Waals surface area contributed by atoms with Gasteiger partial charge in [0.05, 0.1) is 6.10 Å². The summed E-state index contributed by atoms with van der Waals surface area (Å²) in [7, 11) is -8.56. The number of ether oxygens (including phenoxy) is 1. The molecule has 9 heteroatoms. The van der Waals surface area contributed by atoms with Crippen molar-refractivity contribution in [2.24, 2.45) is 0 Å². The fourth-order valence-electron chi connectivity index (χ4n) is 3.59. The molecule has 1 aliphatic rings. The number of rotatable bonds is 9. The topological polar surface area (TPSA) is 46.2 Å². The summed E-state index contributed by atoms with van der Waals surface area (Å²) < 4.78 is 35.5. The molecule has 5 atom stereocenters. The second-order valence-electron chi connectivity index (χ2n) is 18.1. The molecule has 0 N–H and O–H groups in total. The lowest BCUT2D eigenvalue weighted by molar-refractivity contribution is -0.131. The lowest BCUT2D eigenvalue weighted by Crippen LogP contribution is -2.57. The zero-order valence-corrected chi connectivity index (χ0v) is 33.9. The van der Waals surface area contributed by atoms with E-state index in [1.807, 2.05) is 0 Å². The Bertz CT molecular complexity index is 813. The summed E-state index contributed by atoms with van der Waals surface area (Å²) in [5.74, 6) is 0. The summed E-state index contributed by atoms with van der Waals surface area (Å²) in [6.45, 7) is 48.2. The minimum atomic E-state index is -2.18. The SMILES string of the molecule is CC(O[Si](C)(C)C(C)(C)C)[C@H]1OC(O[Si](C)(C)C(C)(C)C)[C@@H](O[Si](C)(C)C(C)(C)C)[C@@H]1O[Si](C)(C)C(C)(C)C. The monoisotopic (exact) mass is 620 g/mol. The molecule has 0 radical (unpaired) electrons. The lowest BCUT2D eigenvalue weighted by atomic mass is 10.1. The average molecular weight is 621 g/mol. The smallest absolute Gasteiger partial charge is 0.195 e. The van der Waals surface area contributed by atoms with Crippen LogP contribution >= 0.6 is 0 Å². The summed E-state index contributed by atoms with van der Waals surface area (Å²) in [6.07, 6.45) is -1.44. The zero-order valence-electron chi connectivity index (χ0n) is 29.9. The third kappa shape index (κ3) is 8.84. The van der Waals surface area contributed by atoms with E-state index in [0.29, 0.717) is 0 Å². The molecule has 0 bridgehead atoms. The number of hydrogen-bond acceptors (Lipinski definition) is 5. The van der Waals surface area contributed by atoms with Gasteiger partial charge in [0.25, 0.3) is 0 Å². The maximum Gasteiger partial charge on any atom is 0.195 e. The molecule has 0 aromatic heterocycles. The maximum atomic E-state index is 7.28. The molecule has 1 heterocycles. The average Bonchev–Trinajstić information content (AvgIpc) is 2.93. The molecule has 5 nitrogen and oxygen atoms in total. The largest absolute Gasteiger partial charge is 0.411 e. The quantitative estimate of drug-likeness (QED) is 0.240. The van der Waals surface area contributed by atoms with Crippen molar-refractivity contribution in [3.63, 3.8) is 0 Å². The van der Waals surface area contributed by atoms with Crippen molar-refractivity contribution in [3.8, 4) is 0 Å². The molecule has 39 heavy (non-hydrogen) atoms. The van der Waals surface area contributed by atoms with Gasteiger partial charge >= 0.3 is 0 Å². The van der Waals surface area contributed by atoms with Crippen LogP contribution in [-0.4, -0.2) is 64.0 Å². The molecule has 1 fully saturated rings. The second kappa shape index (κ2) is 11.6. The Morgan fingerprint density at radius 2 is 0.795 bits per heavy atom. The van der Waals surface area contributed by atoms with Gasteiger partial charge in [-0.2, -0.15) is 0 Å². The van der Waals surface area contributed by atoms with Crippen molar-refractivity contribution in [2.45, 2.75) is 193 Å². The van der Waals surface area contributed by atoms with Crippen LogP contribution in [0.3, 0.4) is 0 Å². The van der Waals surface area contributed by atoms with Crippen molar-refractivity contribution >= 4 is 33.3 Å². The van der Waals surface area contributed by atoms with E-state index in [1.165, 1.54) is 0 Å². The fourth-order valence-corrected chi connectivity index (χ4v) is 8.71. The molecule has 0 amide bonds. The first kappa shape index (κ1) is 37.7. The predicted molar refractivity (Wildman–Crippen MR) is 179 cm³/mol. The van der Waals surface area contributed by atoms with Gasteiger partial charge in [0.2, 0.25) is 0 Å². The standard InChI is InChI=1S/C30H68O5Si4/c1-22(32-36(14,15)27(2,3)4)23-24(33-37(16,17)28(5,6)7)25(34-38(18,19)29(8,9)10)26(31-23)35-39(20,21)30(11,12)13/h22-26H,1-21H3/t22?,23-,24-,25+,26?/m1/s1. The minimum absolute atomic E-state index is 0.0506. The highest BCUT2D eigenvalue weighted by Gasteiger charge is 2.58. The highest BCUT2D eigenvalue weighted by atomic mass is 28.4. The van der Waals surface area contributed by atoms with Crippen LogP contribution in [0.1, 0.15) is 90.0 Å². The third-order valence-corrected chi connectivity index (χ3v) is 28.6. The first-order chi connectivity index (χ1) is 16.8. The van der Waals surface area contributed by atoms with Crippen LogP contribution in [0, 0.1) is 0 Å². The Hall–Kier alpha value is 0.668. The van der Waals surface area contributed by atoms with Gasteiger partial charge < -0.3 is 22.4 Å². The summed E-state index contributed by atoms with van der Waals surface area (Å²) in [6, 6.07) is 0. The van der Waals surface area contributed by atoms with Crippen molar-refractivity contribution in [1.82, 2.24) is 0 Å². The minimum Gasteiger partial charge on any atom is -0.411 e. The van der Waals surface area contributed by atoms with Gasteiger partial charge in [-0.25, -0.2) is 0 Å². The Labute approximate surface area is 248 Å². The number of hydrogen-bond donors (Lipinski definition) is 0. The molecular weight excluding hydrogens is 553 g/mol. The van der Waals surface area contributed by atoms with Crippen LogP contribution < -0.4 is 0 Å². The van der Waals surface area contributed by atoms with Gasteiger partial charge in [-0.05, 0) is 79.5 Å². The highest BCUT2D eigenvalue weighted by Crippen LogP contribution is 2.47. The van der Waals surface area contributed by atoms with Crippen molar-refractivity contribution in [3.05, 3.63) is 0 Å². The van der Waals surface area contributed by atoms with Crippen LogP contribution in [0.2, 0.25) is 72.5 Å². The van der Waals surface area contributed by atoms with E-state index in [9.17, 15) is 0 Å². The molecule has 0 aliphatic carbocycles. The van der Waals surface area contributed by atoms with E-state index in [2.05, 4.69) is 142 Å². The first-order valence-corrected chi connectivity index (χ1v) is 26.8. The van der Waals surface area contributed by atoms with Crippen molar-refractivity contribution in [2.75, 3.05) is 0 Å². The van der Waals surface area contributed by atoms with Gasteiger partial charge in [0.15, 0.2) is 39.6 Å². The molecule has 1 aliphatic heterocycles. The third-order valence-electron chi connectivity index (χ3n) is 10.6. The van der Waals surface area contributed by atoms with Crippen LogP contribution in [0.25, 0.3) is 0 Å². The van der Waals surface area contributed by atoms with E-state index < -0.39 is 39.6 Å². The first-order valence-electron chi connectivity index (χ1n) is 15.1. The normalized spacial score (nSPS) is 25.8. The van der Waals surface area contributed by atoms with Crippen LogP contribution in [0.5, 0.6) is 0 Å². The Morgan fingerprint density at radius 3 is 1.13 bits per heavy atom. The summed E-state index contributed by atoms with van der Waals surface area (Å²) in [4.78, 5) is 0. The Morgan fingerprint density at radius 1 is 0.487 bits per heavy atom. The van der Waals surface area contributed by atoms with E-state index >= 15 is 0 Å². The molecule has 0 saturated carbocycles. The molecule has 0 aromatic rings.